The van der Waals surface area contributed by atoms with E-state index in [2.05, 4.69) is 20.5 Å². The lowest BCUT2D eigenvalue weighted by Crippen LogP contribution is -2.33. The summed E-state index contributed by atoms with van der Waals surface area (Å²) < 4.78 is 6.04. The highest BCUT2D eigenvalue weighted by atomic mass is 35.5. The van der Waals surface area contributed by atoms with Crippen molar-refractivity contribution < 1.29 is 4.74 Å². The quantitative estimate of drug-likeness (QED) is 0.837. The number of hydrogen-bond acceptors (Lipinski definition) is 5. The molecule has 0 saturated heterocycles. The van der Waals surface area contributed by atoms with Gasteiger partial charge in [-0.3, -0.25) is 4.99 Å². The van der Waals surface area contributed by atoms with Crippen LogP contribution in [0.15, 0.2) is 45.6 Å². The van der Waals surface area contributed by atoms with Gasteiger partial charge in [-0.25, -0.2) is 4.98 Å². The summed E-state index contributed by atoms with van der Waals surface area (Å²) in [6.45, 7) is 1.30. The van der Waals surface area contributed by atoms with Gasteiger partial charge in [0.2, 0.25) is 5.88 Å². The van der Waals surface area contributed by atoms with Crippen LogP contribution in [0.4, 0.5) is 0 Å². The van der Waals surface area contributed by atoms with E-state index in [9.17, 15) is 0 Å². The summed E-state index contributed by atoms with van der Waals surface area (Å²) in [5, 5.41) is 7.38. The van der Waals surface area contributed by atoms with Crippen molar-refractivity contribution in [2.24, 2.45) is 16.0 Å². The van der Waals surface area contributed by atoms with Crippen LogP contribution in [0.3, 0.4) is 0 Å². The van der Waals surface area contributed by atoms with Gasteiger partial charge in [0.15, 0.2) is 0 Å². The van der Waals surface area contributed by atoms with E-state index >= 15 is 0 Å². The number of pyridine rings is 1. The molecular formula is C21H22ClN5O. The molecule has 6 nitrogen and oxygen atoms in total. The average molecular weight is 396 g/mol. The first-order chi connectivity index (χ1) is 13.8. The molecule has 2 N–H and O–H groups in total. The van der Waals surface area contributed by atoms with Gasteiger partial charge in [-0.15, -0.1) is 0 Å². The number of fused-ring (bicyclic) bond motifs is 3. The summed E-state index contributed by atoms with van der Waals surface area (Å²) >= 11 is 6.24. The van der Waals surface area contributed by atoms with Crippen molar-refractivity contribution >= 4 is 23.4 Å². The third-order valence-electron chi connectivity index (χ3n) is 5.62. The van der Waals surface area contributed by atoms with E-state index in [0.717, 1.165) is 52.8 Å². The number of H-pyrrole nitrogens is 1. The van der Waals surface area contributed by atoms with Crippen molar-refractivity contribution in [3.8, 4) is 5.88 Å². The van der Waals surface area contributed by atoms with Gasteiger partial charge in [0.1, 0.15) is 6.10 Å². The Labute approximate surface area is 168 Å². The molecule has 3 aliphatic rings. The lowest BCUT2D eigenvalue weighted by Gasteiger charge is -2.30. The van der Waals surface area contributed by atoms with Gasteiger partial charge in [-0.1, -0.05) is 17.7 Å². The summed E-state index contributed by atoms with van der Waals surface area (Å²) in [4.78, 5) is 12.5. The van der Waals surface area contributed by atoms with Crippen LogP contribution in [0.5, 0.6) is 5.88 Å². The molecule has 2 aromatic rings. The third-order valence-corrected chi connectivity index (χ3v) is 5.88. The predicted molar refractivity (Wildman–Crippen MR) is 109 cm³/mol. The molecule has 4 heterocycles. The summed E-state index contributed by atoms with van der Waals surface area (Å²) in [5.41, 5.74) is 6.63. The van der Waals surface area contributed by atoms with E-state index in [4.69, 9.17) is 21.3 Å². The molecule has 2 aliphatic heterocycles. The van der Waals surface area contributed by atoms with E-state index < -0.39 is 0 Å². The maximum Gasteiger partial charge on any atom is 0.213 e. The maximum atomic E-state index is 6.24. The fourth-order valence-corrected chi connectivity index (χ4v) is 4.42. The molecule has 5 rings (SSSR count). The topological polar surface area (TPSA) is 74.7 Å². The highest BCUT2D eigenvalue weighted by molar-refractivity contribution is 6.34. The Bertz CT molecular complexity index is 1050. The molecular weight excluding hydrogens is 374 g/mol. The molecule has 2 aromatic heterocycles. The largest absolute Gasteiger partial charge is 0.474 e. The van der Waals surface area contributed by atoms with E-state index in [-0.39, 0.29) is 6.10 Å². The highest BCUT2D eigenvalue weighted by Gasteiger charge is 2.31. The van der Waals surface area contributed by atoms with Crippen LogP contribution in [0, 0.1) is 5.92 Å². The zero-order chi connectivity index (χ0) is 18.9. The second kappa shape index (κ2) is 7.43. The summed E-state index contributed by atoms with van der Waals surface area (Å²) in [5.74, 6) is 1.11. The minimum Gasteiger partial charge on any atom is -0.474 e. The second-order valence-electron chi connectivity index (χ2n) is 7.41. The van der Waals surface area contributed by atoms with Gasteiger partial charge in [0.05, 0.1) is 35.2 Å². The number of nitrogens with zero attached hydrogens (tertiary/aromatic N) is 3. The number of halogens is 1. The molecule has 1 fully saturated rings. The predicted octanol–water partition coefficient (Wildman–Crippen LogP) is 2.39. The summed E-state index contributed by atoms with van der Waals surface area (Å²) in [7, 11) is 0. The van der Waals surface area contributed by atoms with Crippen LogP contribution in [0.2, 0.25) is 0 Å². The minimum absolute atomic E-state index is 0.218. The van der Waals surface area contributed by atoms with E-state index in [0.29, 0.717) is 24.9 Å². The van der Waals surface area contributed by atoms with Gasteiger partial charge < -0.3 is 15.1 Å². The molecule has 144 valence electrons. The first-order valence-electron chi connectivity index (χ1n) is 9.79. The van der Waals surface area contributed by atoms with Gasteiger partial charge in [-0.05, 0) is 43.9 Å². The molecule has 0 aromatic carbocycles. The fourth-order valence-electron chi connectivity index (χ4n) is 4.24. The van der Waals surface area contributed by atoms with Crippen molar-refractivity contribution in [2.75, 3.05) is 6.54 Å². The van der Waals surface area contributed by atoms with Crippen molar-refractivity contribution in [3.63, 3.8) is 0 Å². The smallest absolute Gasteiger partial charge is 0.213 e. The third kappa shape index (κ3) is 3.33. The normalized spacial score (nSPS) is 23.6. The lowest BCUT2D eigenvalue weighted by atomic mass is 9.82. The highest BCUT2D eigenvalue weighted by Crippen LogP contribution is 2.30. The Morgan fingerprint density at radius 1 is 1.14 bits per heavy atom. The lowest BCUT2D eigenvalue weighted by molar-refractivity contribution is 0.139. The first-order valence-corrected chi connectivity index (χ1v) is 10.2. The Morgan fingerprint density at radius 2 is 2.04 bits per heavy atom. The monoisotopic (exact) mass is 395 g/mol. The van der Waals surface area contributed by atoms with Gasteiger partial charge in [-0.2, -0.15) is 5.10 Å². The number of rotatable bonds is 3. The van der Waals surface area contributed by atoms with Crippen LogP contribution in [-0.4, -0.2) is 28.3 Å². The number of hydrogen-bond donors (Lipinski definition) is 2. The molecule has 0 atom stereocenters. The van der Waals surface area contributed by atoms with Crippen molar-refractivity contribution in [1.82, 2.24) is 15.4 Å². The van der Waals surface area contributed by atoms with Gasteiger partial charge in [0, 0.05) is 28.8 Å². The molecule has 0 amide bonds. The number of nitrogens with one attached hydrogen (secondary N) is 2. The number of hydrazone groups is 1. The molecule has 0 radical (unpaired) electrons. The molecule has 0 unspecified atom stereocenters. The van der Waals surface area contributed by atoms with Crippen LogP contribution in [-0.2, 0) is 6.54 Å². The van der Waals surface area contributed by atoms with E-state index in [1.165, 1.54) is 5.56 Å². The molecule has 7 heteroatoms. The second-order valence-corrected chi connectivity index (χ2v) is 7.84. The van der Waals surface area contributed by atoms with Gasteiger partial charge in [0.25, 0.3) is 0 Å². The molecule has 1 saturated carbocycles. The molecule has 28 heavy (non-hydrogen) atoms. The Kier molecular flexibility index (Phi) is 4.64. The van der Waals surface area contributed by atoms with Crippen LogP contribution >= 0.6 is 11.6 Å². The molecule has 0 spiro atoms. The molecule has 0 bridgehead atoms. The van der Waals surface area contributed by atoms with E-state index in [1.54, 1.807) is 6.20 Å². The number of aromatic amines is 1. The van der Waals surface area contributed by atoms with Crippen LogP contribution in [0.25, 0.3) is 6.08 Å². The first kappa shape index (κ1) is 17.5. The van der Waals surface area contributed by atoms with E-state index in [1.807, 2.05) is 30.4 Å². The van der Waals surface area contributed by atoms with Crippen LogP contribution < -0.4 is 20.9 Å². The number of aromatic nitrogens is 2. The van der Waals surface area contributed by atoms with Crippen molar-refractivity contribution in [1.29, 1.82) is 0 Å². The zero-order valence-corrected chi connectivity index (χ0v) is 16.2. The SMILES string of the molecule is ClC1=CCN=c2c3c([nH]c2=C1)C(C1CCC(Oc2ccccn2)CC1)=NNC3. The Hall–Kier alpha value is -2.60. The van der Waals surface area contributed by atoms with Gasteiger partial charge >= 0.3 is 0 Å². The summed E-state index contributed by atoms with van der Waals surface area (Å²) in [6.07, 6.45) is 9.96. The van der Waals surface area contributed by atoms with Crippen molar-refractivity contribution in [3.05, 3.63) is 57.5 Å². The zero-order valence-electron chi connectivity index (χ0n) is 15.5. The van der Waals surface area contributed by atoms with Crippen LogP contribution in [0.1, 0.15) is 36.9 Å². The summed E-state index contributed by atoms with van der Waals surface area (Å²) in [6, 6.07) is 5.77. The standard InChI is InChI=1S/C21H22ClN5O/c22-14-8-10-24-20-16-12-25-27-19(21(16)26-17(20)11-14)13-4-6-15(7-5-13)28-18-3-1-2-9-23-18/h1-3,8-9,11,13,15,25-26H,4-7,10,12H2. The fraction of sp³-hybridized carbons (Fsp3) is 0.381. The molecule has 1 aliphatic carbocycles. The maximum absolute atomic E-state index is 6.24. The minimum atomic E-state index is 0.218. The average Bonchev–Trinajstić information content (AvgIpc) is 2.95. The van der Waals surface area contributed by atoms with Crippen molar-refractivity contribution in [2.45, 2.75) is 38.3 Å². The number of ether oxygens (including phenoxy) is 1. The Morgan fingerprint density at radius 3 is 2.86 bits per heavy atom. The Balaban J connectivity index is 1.35. The number of allylic oxidation sites excluding steroid dienone is 1.